The van der Waals surface area contributed by atoms with Gasteiger partial charge in [0.1, 0.15) is 18.1 Å². The fourth-order valence-electron chi connectivity index (χ4n) is 4.68. The Hall–Kier alpha value is -2.88. The minimum Gasteiger partial charge on any atom is -0.497 e. The van der Waals surface area contributed by atoms with E-state index in [-0.39, 0.29) is 30.0 Å². The molecule has 1 fully saturated rings. The molecule has 3 aromatic rings. The standard InChI is InChI=1S/C28H32N2O5S2/c1-20-6-10-24(11-7-20)37(32,33)29(17-21-8-9-21)18-28(31)30-14-12-27-25(13-15-36-27)26(30)19-35-23-5-3-4-22(16-23)34-2/h3-7,10-11,13,15-16,21,26H,8-9,12,14,17-19H2,1-2H3/t26-/m0/s1. The molecule has 1 saturated carbocycles. The van der Waals surface area contributed by atoms with E-state index in [1.54, 1.807) is 47.6 Å². The quantitative estimate of drug-likeness (QED) is 0.374. The Balaban J connectivity index is 1.37. The molecule has 9 heteroatoms. The number of aryl methyl sites for hydroxylation is 1. The molecule has 1 aromatic heterocycles. The minimum absolute atomic E-state index is 0.179. The molecule has 37 heavy (non-hydrogen) atoms. The Morgan fingerprint density at radius 1 is 1.11 bits per heavy atom. The molecule has 0 bridgehead atoms. The number of hydrogen-bond acceptors (Lipinski definition) is 6. The highest BCUT2D eigenvalue weighted by atomic mass is 32.2. The van der Waals surface area contributed by atoms with Crippen LogP contribution in [0.5, 0.6) is 11.5 Å². The van der Waals surface area contributed by atoms with Gasteiger partial charge in [0.25, 0.3) is 0 Å². The van der Waals surface area contributed by atoms with Crippen LogP contribution in [-0.4, -0.2) is 56.9 Å². The lowest BCUT2D eigenvalue weighted by Crippen LogP contribution is -2.48. The van der Waals surface area contributed by atoms with Crippen molar-refractivity contribution in [2.45, 2.75) is 37.1 Å². The third-order valence-corrected chi connectivity index (χ3v) is 9.82. The highest BCUT2D eigenvalue weighted by Gasteiger charge is 2.37. The molecule has 1 aliphatic heterocycles. The number of hydrogen-bond donors (Lipinski definition) is 0. The van der Waals surface area contributed by atoms with Gasteiger partial charge in [0.05, 0.1) is 24.6 Å². The van der Waals surface area contributed by atoms with Gasteiger partial charge in [-0.15, -0.1) is 11.3 Å². The number of nitrogens with zero attached hydrogens (tertiary/aromatic N) is 2. The first kappa shape index (κ1) is 25.8. The summed E-state index contributed by atoms with van der Waals surface area (Å²) in [4.78, 5) is 17.0. The summed E-state index contributed by atoms with van der Waals surface area (Å²) in [6.07, 6.45) is 2.74. The molecule has 0 unspecified atom stereocenters. The molecule has 2 aliphatic rings. The van der Waals surface area contributed by atoms with Crippen LogP contribution in [-0.2, 0) is 21.2 Å². The van der Waals surface area contributed by atoms with Gasteiger partial charge in [0.2, 0.25) is 15.9 Å². The Morgan fingerprint density at radius 3 is 2.59 bits per heavy atom. The van der Waals surface area contributed by atoms with Crippen molar-refractivity contribution in [3.05, 3.63) is 76.0 Å². The van der Waals surface area contributed by atoms with Crippen molar-refractivity contribution in [2.75, 3.05) is 33.4 Å². The average molecular weight is 541 g/mol. The third kappa shape index (κ3) is 5.84. The summed E-state index contributed by atoms with van der Waals surface area (Å²) >= 11 is 1.68. The molecule has 5 rings (SSSR count). The smallest absolute Gasteiger partial charge is 0.243 e. The van der Waals surface area contributed by atoms with Crippen LogP contribution in [0.1, 0.15) is 34.9 Å². The molecule has 0 radical (unpaired) electrons. The number of ether oxygens (including phenoxy) is 2. The number of thiophene rings is 1. The van der Waals surface area contributed by atoms with E-state index in [2.05, 4.69) is 0 Å². The second-order valence-electron chi connectivity index (χ2n) is 9.70. The topological polar surface area (TPSA) is 76.2 Å². The van der Waals surface area contributed by atoms with E-state index in [4.69, 9.17) is 9.47 Å². The lowest BCUT2D eigenvalue weighted by atomic mass is 10.0. The van der Waals surface area contributed by atoms with E-state index in [0.29, 0.717) is 30.5 Å². The van der Waals surface area contributed by atoms with Gasteiger partial charge in [-0.05, 0) is 73.4 Å². The van der Waals surface area contributed by atoms with Gasteiger partial charge in [-0.2, -0.15) is 4.31 Å². The molecule has 2 heterocycles. The van der Waals surface area contributed by atoms with Crippen molar-refractivity contribution in [1.82, 2.24) is 9.21 Å². The highest BCUT2D eigenvalue weighted by Crippen LogP contribution is 2.35. The molecular formula is C28H32N2O5S2. The zero-order valence-electron chi connectivity index (χ0n) is 21.1. The maximum atomic E-state index is 13.7. The number of rotatable bonds is 10. The number of carbonyl (C=O) groups is 1. The number of methoxy groups -OCH3 is 1. The molecule has 196 valence electrons. The van der Waals surface area contributed by atoms with Crippen LogP contribution in [0.2, 0.25) is 0 Å². The molecule has 1 atom stereocenters. The van der Waals surface area contributed by atoms with Gasteiger partial charge in [0.15, 0.2) is 0 Å². The van der Waals surface area contributed by atoms with E-state index in [9.17, 15) is 13.2 Å². The van der Waals surface area contributed by atoms with Crippen LogP contribution in [0.4, 0.5) is 0 Å². The van der Waals surface area contributed by atoms with Gasteiger partial charge in [-0.1, -0.05) is 23.8 Å². The first-order valence-electron chi connectivity index (χ1n) is 12.5. The van der Waals surface area contributed by atoms with E-state index < -0.39 is 10.0 Å². The van der Waals surface area contributed by atoms with Gasteiger partial charge in [0, 0.05) is 24.0 Å². The van der Waals surface area contributed by atoms with Crippen LogP contribution in [0.15, 0.2) is 64.9 Å². The SMILES string of the molecule is COc1cccc(OC[C@H]2c3ccsc3CCN2C(=O)CN(CC2CC2)S(=O)(=O)c2ccc(C)cc2)c1. The molecule has 0 saturated heterocycles. The summed E-state index contributed by atoms with van der Waals surface area (Å²) in [5.41, 5.74) is 2.06. The van der Waals surface area contributed by atoms with E-state index >= 15 is 0 Å². The molecule has 1 amide bonds. The van der Waals surface area contributed by atoms with Crippen LogP contribution in [0, 0.1) is 12.8 Å². The lowest BCUT2D eigenvalue weighted by molar-refractivity contribution is -0.135. The van der Waals surface area contributed by atoms with Crippen molar-refractivity contribution in [3.63, 3.8) is 0 Å². The van der Waals surface area contributed by atoms with Crippen molar-refractivity contribution < 1.29 is 22.7 Å². The van der Waals surface area contributed by atoms with Crippen LogP contribution in [0.3, 0.4) is 0 Å². The fraction of sp³-hybridized carbons (Fsp3) is 0.393. The molecule has 7 nitrogen and oxygen atoms in total. The molecular weight excluding hydrogens is 508 g/mol. The van der Waals surface area contributed by atoms with Gasteiger partial charge in [-0.3, -0.25) is 4.79 Å². The second-order valence-corrected chi connectivity index (χ2v) is 12.6. The molecule has 0 N–H and O–H groups in total. The minimum atomic E-state index is -3.79. The number of fused-ring (bicyclic) bond motifs is 1. The summed E-state index contributed by atoms with van der Waals surface area (Å²) in [5, 5.41) is 2.04. The number of amides is 1. The Morgan fingerprint density at radius 2 is 1.86 bits per heavy atom. The zero-order chi connectivity index (χ0) is 26.0. The summed E-state index contributed by atoms with van der Waals surface area (Å²) in [5.74, 6) is 1.46. The average Bonchev–Trinajstić information content (AvgIpc) is 3.59. The zero-order valence-corrected chi connectivity index (χ0v) is 22.8. The summed E-state index contributed by atoms with van der Waals surface area (Å²) < 4.78 is 39.9. The van der Waals surface area contributed by atoms with Gasteiger partial charge in [-0.25, -0.2) is 8.42 Å². The number of benzene rings is 2. The number of carbonyl (C=O) groups excluding carboxylic acids is 1. The fourth-order valence-corrected chi connectivity index (χ4v) is 7.07. The third-order valence-electron chi connectivity index (χ3n) is 6.99. The predicted molar refractivity (Wildman–Crippen MR) is 144 cm³/mol. The first-order valence-corrected chi connectivity index (χ1v) is 14.9. The van der Waals surface area contributed by atoms with Crippen molar-refractivity contribution in [2.24, 2.45) is 5.92 Å². The van der Waals surface area contributed by atoms with Crippen LogP contribution >= 0.6 is 11.3 Å². The summed E-state index contributed by atoms with van der Waals surface area (Å²) in [6.45, 7) is 2.91. The van der Waals surface area contributed by atoms with Gasteiger partial charge < -0.3 is 14.4 Å². The Bertz CT molecular complexity index is 1350. The van der Waals surface area contributed by atoms with E-state index in [1.165, 1.54) is 9.18 Å². The van der Waals surface area contributed by atoms with Crippen molar-refractivity contribution >= 4 is 27.3 Å². The molecule has 2 aromatic carbocycles. The van der Waals surface area contributed by atoms with Crippen LogP contribution in [0.25, 0.3) is 0 Å². The van der Waals surface area contributed by atoms with Crippen molar-refractivity contribution in [1.29, 1.82) is 0 Å². The second kappa shape index (κ2) is 10.8. The largest absolute Gasteiger partial charge is 0.497 e. The molecule has 1 aliphatic carbocycles. The normalized spacial score (nSPS) is 17.5. The van der Waals surface area contributed by atoms with Crippen LogP contribution < -0.4 is 9.47 Å². The number of sulfonamides is 1. The van der Waals surface area contributed by atoms with E-state index in [1.807, 2.05) is 42.6 Å². The monoisotopic (exact) mass is 540 g/mol. The maximum absolute atomic E-state index is 13.7. The first-order chi connectivity index (χ1) is 17.8. The van der Waals surface area contributed by atoms with Crippen molar-refractivity contribution in [3.8, 4) is 11.5 Å². The lowest BCUT2D eigenvalue weighted by Gasteiger charge is -2.37. The Kier molecular flexibility index (Phi) is 7.55. The van der Waals surface area contributed by atoms with Gasteiger partial charge >= 0.3 is 0 Å². The summed E-state index contributed by atoms with van der Waals surface area (Å²) in [7, 11) is -2.19. The Labute approximate surface area is 222 Å². The van der Waals surface area contributed by atoms with E-state index in [0.717, 1.165) is 30.4 Å². The highest BCUT2D eigenvalue weighted by molar-refractivity contribution is 7.89. The summed E-state index contributed by atoms with van der Waals surface area (Å²) in [6, 6.07) is 16.0. The predicted octanol–water partition coefficient (Wildman–Crippen LogP) is 4.67. The maximum Gasteiger partial charge on any atom is 0.243 e. The molecule has 0 spiro atoms.